The van der Waals surface area contributed by atoms with Crippen LogP contribution in [0.4, 0.5) is 0 Å². The smallest absolute Gasteiger partial charge is 0.291 e. The van der Waals surface area contributed by atoms with Crippen LogP contribution in [-0.4, -0.2) is 37.2 Å². The second-order valence-electron chi connectivity index (χ2n) is 7.43. The Bertz CT molecular complexity index is 1050. The van der Waals surface area contributed by atoms with Gasteiger partial charge in [0.2, 0.25) is 5.91 Å². The number of nitrogens with zero attached hydrogens (tertiary/aromatic N) is 4. The predicted octanol–water partition coefficient (Wildman–Crippen LogP) is 2.58. The number of rotatable bonds is 2. The number of carbonyl (C=O) groups is 1. The Balaban J connectivity index is 1.73. The summed E-state index contributed by atoms with van der Waals surface area (Å²) < 4.78 is 8.80. The van der Waals surface area contributed by atoms with Crippen LogP contribution in [0.1, 0.15) is 38.9 Å². The number of furan rings is 1. The molecule has 26 heavy (non-hydrogen) atoms. The molecular formula is C19H24N4O3. The number of aromatic nitrogens is 3. The molecule has 3 aromatic rings. The minimum Gasteiger partial charge on any atom is -0.459 e. The molecule has 0 aliphatic carbocycles. The van der Waals surface area contributed by atoms with E-state index >= 15 is 0 Å². The summed E-state index contributed by atoms with van der Waals surface area (Å²) in [6.45, 7) is 5.98. The van der Waals surface area contributed by atoms with E-state index in [1.165, 1.54) is 4.68 Å². The van der Waals surface area contributed by atoms with Crippen LogP contribution in [0.5, 0.6) is 0 Å². The van der Waals surface area contributed by atoms with E-state index in [4.69, 9.17) is 4.42 Å². The monoisotopic (exact) mass is 356 g/mol. The van der Waals surface area contributed by atoms with Crippen molar-refractivity contribution in [3.8, 4) is 0 Å². The SMILES string of the molecule is Cc1cc2c(o1)c1cnn(CC(=O)N3[C@@H](C)CCC[C@@H]3C)c(=O)c1n2C. The lowest BCUT2D eigenvalue weighted by molar-refractivity contribution is -0.138. The average Bonchev–Trinajstić information content (AvgIpc) is 3.07. The van der Waals surface area contributed by atoms with Gasteiger partial charge in [-0.25, -0.2) is 4.68 Å². The van der Waals surface area contributed by atoms with Crippen LogP contribution in [0.2, 0.25) is 0 Å². The van der Waals surface area contributed by atoms with E-state index in [-0.39, 0.29) is 30.1 Å². The molecule has 1 aliphatic rings. The predicted molar refractivity (Wildman–Crippen MR) is 99.1 cm³/mol. The first-order valence-electron chi connectivity index (χ1n) is 9.14. The Morgan fingerprint density at radius 2 is 2.00 bits per heavy atom. The highest BCUT2D eigenvalue weighted by Gasteiger charge is 2.29. The molecule has 1 saturated heterocycles. The van der Waals surface area contributed by atoms with Gasteiger partial charge in [0, 0.05) is 25.2 Å². The summed E-state index contributed by atoms with van der Waals surface area (Å²) in [5.41, 5.74) is 1.78. The van der Waals surface area contributed by atoms with Crippen molar-refractivity contribution >= 4 is 27.9 Å². The molecule has 4 rings (SSSR count). The molecule has 1 fully saturated rings. The fourth-order valence-electron chi connectivity index (χ4n) is 4.27. The lowest BCUT2D eigenvalue weighted by Crippen LogP contribution is -2.49. The maximum Gasteiger partial charge on any atom is 0.291 e. The first-order valence-corrected chi connectivity index (χ1v) is 9.14. The molecule has 3 aromatic heterocycles. The number of amides is 1. The molecule has 0 N–H and O–H groups in total. The quantitative estimate of drug-likeness (QED) is 0.707. The molecule has 7 heteroatoms. The highest BCUT2D eigenvalue weighted by atomic mass is 16.3. The number of piperidine rings is 1. The van der Waals surface area contributed by atoms with Crippen molar-refractivity contribution < 1.29 is 9.21 Å². The zero-order valence-electron chi connectivity index (χ0n) is 15.7. The number of aryl methyl sites for hydroxylation is 2. The third-order valence-corrected chi connectivity index (χ3v) is 5.56. The van der Waals surface area contributed by atoms with E-state index in [9.17, 15) is 9.59 Å². The van der Waals surface area contributed by atoms with Crippen LogP contribution < -0.4 is 5.56 Å². The number of fused-ring (bicyclic) bond motifs is 3. The molecule has 0 unspecified atom stereocenters. The number of hydrogen-bond donors (Lipinski definition) is 0. The maximum absolute atomic E-state index is 13.0. The Hall–Kier alpha value is -2.57. The van der Waals surface area contributed by atoms with Crippen LogP contribution in [-0.2, 0) is 18.4 Å². The summed E-state index contributed by atoms with van der Waals surface area (Å²) in [5, 5.41) is 4.93. The van der Waals surface area contributed by atoms with E-state index in [1.54, 1.807) is 6.20 Å². The largest absolute Gasteiger partial charge is 0.459 e. The van der Waals surface area contributed by atoms with Crippen molar-refractivity contribution in [1.29, 1.82) is 0 Å². The summed E-state index contributed by atoms with van der Waals surface area (Å²) in [7, 11) is 1.84. The van der Waals surface area contributed by atoms with Gasteiger partial charge in [-0.2, -0.15) is 5.10 Å². The molecule has 1 aliphatic heterocycles. The second kappa shape index (κ2) is 6.00. The van der Waals surface area contributed by atoms with Gasteiger partial charge in [0.15, 0.2) is 5.58 Å². The van der Waals surface area contributed by atoms with Crippen molar-refractivity contribution in [3.05, 3.63) is 28.4 Å². The summed E-state index contributed by atoms with van der Waals surface area (Å²) in [6, 6.07) is 2.30. The molecule has 1 amide bonds. The minimum atomic E-state index is -0.264. The fourth-order valence-corrected chi connectivity index (χ4v) is 4.27. The summed E-state index contributed by atoms with van der Waals surface area (Å²) in [5.74, 6) is 0.743. The molecule has 0 spiro atoms. The van der Waals surface area contributed by atoms with E-state index < -0.39 is 0 Å². The maximum atomic E-state index is 13.0. The third kappa shape index (κ3) is 2.45. The van der Waals surface area contributed by atoms with Gasteiger partial charge in [0.1, 0.15) is 17.8 Å². The molecule has 2 atom stereocenters. The van der Waals surface area contributed by atoms with Gasteiger partial charge in [0.25, 0.3) is 5.56 Å². The van der Waals surface area contributed by atoms with Crippen molar-refractivity contribution in [2.24, 2.45) is 7.05 Å². The van der Waals surface area contributed by atoms with Crippen LogP contribution in [0.15, 0.2) is 21.5 Å². The average molecular weight is 356 g/mol. The molecule has 0 bridgehead atoms. The van der Waals surface area contributed by atoms with E-state index in [1.807, 2.05) is 29.5 Å². The van der Waals surface area contributed by atoms with E-state index in [0.717, 1.165) is 30.5 Å². The van der Waals surface area contributed by atoms with Crippen LogP contribution in [0, 0.1) is 6.92 Å². The van der Waals surface area contributed by atoms with Crippen LogP contribution in [0.3, 0.4) is 0 Å². The number of carbonyl (C=O) groups excluding carboxylic acids is 1. The Labute approximate surface area is 151 Å². The van der Waals surface area contributed by atoms with Crippen LogP contribution in [0.25, 0.3) is 22.0 Å². The Kier molecular flexibility index (Phi) is 3.89. The molecule has 7 nitrogen and oxygen atoms in total. The van der Waals surface area contributed by atoms with Gasteiger partial charge in [-0.05, 0) is 40.0 Å². The Morgan fingerprint density at radius 1 is 1.31 bits per heavy atom. The van der Waals surface area contributed by atoms with Gasteiger partial charge < -0.3 is 13.9 Å². The first-order chi connectivity index (χ1) is 12.4. The van der Waals surface area contributed by atoms with Crippen LogP contribution >= 0.6 is 0 Å². The summed E-state index contributed by atoms with van der Waals surface area (Å²) in [6.07, 6.45) is 4.77. The lowest BCUT2D eigenvalue weighted by Gasteiger charge is -2.39. The zero-order chi connectivity index (χ0) is 18.6. The lowest BCUT2D eigenvalue weighted by atomic mass is 9.97. The first kappa shape index (κ1) is 16.9. The normalized spacial score (nSPS) is 21.0. The fraction of sp³-hybridized carbons (Fsp3) is 0.526. The number of hydrogen-bond acceptors (Lipinski definition) is 4. The van der Waals surface area contributed by atoms with E-state index in [0.29, 0.717) is 16.5 Å². The number of likely N-dealkylation sites (tertiary alicyclic amines) is 1. The van der Waals surface area contributed by atoms with Crippen molar-refractivity contribution in [3.63, 3.8) is 0 Å². The van der Waals surface area contributed by atoms with Gasteiger partial charge in [-0.1, -0.05) is 0 Å². The molecule has 0 radical (unpaired) electrons. The topological polar surface area (TPSA) is 73.3 Å². The summed E-state index contributed by atoms with van der Waals surface area (Å²) >= 11 is 0. The standard InChI is InChI=1S/C19H24N4O3/c1-11-6-5-7-12(2)23(11)16(24)10-22-19(25)17-14(9-20-22)18-15(21(17)4)8-13(3)26-18/h8-9,11-12H,5-7,10H2,1-4H3/t11-,12-/m0/s1. The summed E-state index contributed by atoms with van der Waals surface area (Å²) in [4.78, 5) is 27.7. The van der Waals surface area contributed by atoms with Crippen molar-refractivity contribution in [2.75, 3.05) is 0 Å². The molecule has 138 valence electrons. The second-order valence-corrected chi connectivity index (χ2v) is 7.43. The highest BCUT2D eigenvalue weighted by Crippen LogP contribution is 2.28. The van der Waals surface area contributed by atoms with Gasteiger partial charge in [0.05, 0.1) is 17.1 Å². The zero-order valence-corrected chi connectivity index (χ0v) is 15.7. The minimum absolute atomic E-state index is 0.0327. The molecule has 4 heterocycles. The molecule has 0 aromatic carbocycles. The molecular weight excluding hydrogens is 332 g/mol. The highest BCUT2D eigenvalue weighted by molar-refractivity contribution is 6.04. The molecule has 0 saturated carbocycles. The third-order valence-electron chi connectivity index (χ3n) is 5.56. The van der Waals surface area contributed by atoms with Crippen molar-refractivity contribution in [2.45, 2.75) is 58.7 Å². The van der Waals surface area contributed by atoms with Gasteiger partial charge in [-0.3, -0.25) is 9.59 Å². The van der Waals surface area contributed by atoms with Gasteiger partial charge in [-0.15, -0.1) is 0 Å². The van der Waals surface area contributed by atoms with E-state index in [2.05, 4.69) is 18.9 Å². The van der Waals surface area contributed by atoms with Crippen molar-refractivity contribution in [1.82, 2.24) is 19.2 Å². The Morgan fingerprint density at radius 3 is 2.69 bits per heavy atom. The van der Waals surface area contributed by atoms with Gasteiger partial charge >= 0.3 is 0 Å².